The second-order valence-electron chi connectivity index (χ2n) is 4.58. The molecule has 0 saturated heterocycles. The van der Waals surface area contributed by atoms with Crippen LogP contribution in [0.4, 0.5) is 0 Å². The summed E-state index contributed by atoms with van der Waals surface area (Å²) in [5, 5.41) is 0.346. The molecule has 88 valence electrons. The van der Waals surface area contributed by atoms with Crippen LogP contribution in [0.15, 0.2) is 24.3 Å². The lowest BCUT2D eigenvalue weighted by Gasteiger charge is -2.27. The fourth-order valence-corrected chi connectivity index (χ4v) is 2.92. The minimum atomic E-state index is 0.346. The van der Waals surface area contributed by atoms with Crippen LogP contribution in [-0.2, 0) is 6.42 Å². The summed E-state index contributed by atoms with van der Waals surface area (Å²) in [6.45, 7) is 0. The van der Waals surface area contributed by atoms with Crippen LogP contribution in [0.2, 0.25) is 0 Å². The van der Waals surface area contributed by atoms with Crippen molar-refractivity contribution < 1.29 is 4.74 Å². The number of benzene rings is 1. The molecule has 0 spiro atoms. The Balaban J connectivity index is 2.07. The van der Waals surface area contributed by atoms with Gasteiger partial charge in [-0.05, 0) is 36.8 Å². The molecule has 0 aromatic heterocycles. The zero-order valence-electron chi connectivity index (χ0n) is 9.79. The van der Waals surface area contributed by atoms with Gasteiger partial charge in [0.15, 0.2) is 0 Å². The lowest BCUT2D eigenvalue weighted by molar-refractivity contribution is 0.354. The predicted molar refractivity (Wildman–Crippen MR) is 68.3 cm³/mol. The van der Waals surface area contributed by atoms with Gasteiger partial charge in [0.1, 0.15) is 5.75 Å². The van der Waals surface area contributed by atoms with Crippen LogP contribution >= 0.6 is 11.6 Å². The van der Waals surface area contributed by atoms with E-state index in [2.05, 4.69) is 12.1 Å². The van der Waals surface area contributed by atoms with Gasteiger partial charge in [-0.2, -0.15) is 0 Å². The van der Waals surface area contributed by atoms with E-state index in [0.29, 0.717) is 11.3 Å². The van der Waals surface area contributed by atoms with Crippen LogP contribution in [0.25, 0.3) is 0 Å². The van der Waals surface area contributed by atoms with E-state index in [0.717, 1.165) is 12.2 Å². The van der Waals surface area contributed by atoms with E-state index in [1.165, 1.54) is 31.2 Å². The minimum Gasteiger partial charge on any atom is -0.496 e. The third kappa shape index (κ3) is 2.70. The quantitative estimate of drug-likeness (QED) is 0.723. The van der Waals surface area contributed by atoms with Crippen molar-refractivity contribution in [3.63, 3.8) is 0 Å². The summed E-state index contributed by atoms with van der Waals surface area (Å²) >= 11 is 6.39. The normalized spacial score (nSPS) is 25.4. The van der Waals surface area contributed by atoms with Gasteiger partial charge in [0.2, 0.25) is 0 Å². The zero-order chi connectivity index (χ0) is 11.4. The number of ether oxygens (including phenoxy) is 1. The van der Waals surface area contributed by atoms with Crippen molar-refractivity contribution in [2.24, 2.45) is 5.92 Å². The van der Waals surface area contributed by atoms with Crippen LogP contribution in [0.1, 0.15) is 31.2 Å². The average Bonchev–Trinajstić information content (AvgIpc) is 2.33. The first-order valence-electron chi connectivity index (χ1n) is 6.07. The van der Waals surface area contributed by atoms with Gasteiger partial charge >= 0.3 is 0 Å². The minimum absolute atomic E-state index is 0.346. The molecule has 1 aromatic rings. The van der Waals surface area contributed by atoms with Crippen molar-refractivity contribution in [2.45, 2.75) is 37.5 Å². The molecule has 1 saturated carbocycles. The predicted octanol–water partition coefficient (Wildman–Crippen LogP) is 4.04. The fraction of sp³-hybridized carbons (Fsp3) is 0.571. The van der Waals surface area contributed by atoms with Gasteiger partial charge in [0.25, 0.3) is 0 Å². The highest BCUT2D eigenvalue weighted by atomic mass is 35.5. The Bertz CT molecular complexity index is 337. The van der Waals surface area contributed by atoms with E-state index in [1.807, 2.05) is 12.1 Å². The SMILES string of the molecule is COc1ccccc1CC1CCCCC1Cl. The van der Waals surface area contributed by atoms with E-state index in [4.69, 9.17) is 16.3 Å². The lowest BCUT2D eigenvalue weighted by Crippen LogP contribution is -2.21. The smallest absolute Gasteiger partial charge is 0.122 e. The Labute approximate surface area is 103 Å². The molecule has 0 aliphatic heterocycles. The summed E-state index contributed by atoms with van der Waals surface area (Å²) in [5.74, 6) is 1.61. The summed E-state index contributed by atoms with van der Waals surface area (Å²) in [4.78, 5) is 0. The highest BCUT2D eigenvalue weighted by molar-refractivity contribution is 6.20. The van der Waals surface area contributed by atoms with Crippen LogP contribution in [-0.4, -0.2) is 12.5 Å². The summed E-state index contributed by atoms with van der Waals surface area (Å²) in [5.41, 5.74) is 1.29. The summed E-state index contributed by atoms with van der Waals surface area (Å²) in [6, 6.07) is 8.27. The molecule has 0 radical (unpaired) electrons. The van der Waals surface area contributed by atoms with Gasteiger partial charge < -0.3 is 4.74 Å². The largest absolute Gasteiger partial charge is 0.496 e. The average molecular weight is 239 g/mol. The van der Waals surface area contributed by atoms with Gasteiger partial charge in [-0.15, -0.1) is 11.6 Å². The van der Waals surface area contributed by atoms with Gasteiger partial charge in [0, 0.05) is 5.38 Å². The van der Waals surface area contributed by atoms with E-state index in [-0.39, 0.29) is 0 Å². The molecule has 2 heteroatoms. The van der Waals surface area contributed by atoms with Crippen molar-refractivity contribution in [2.75, 3.05) is 7.11 Å². The molecule has 1 aliphatic carbocycles. The van der Waals surface area contributed by atoms with Crippen molar-refractivity contribution in [3.8, 4) is 5.75 Å². The molecule has 2 rings (SSSR count). The van der Waals surface area contributed by atoms with Crippen molar-refractivity contribution in [1.29, 1.82) is 0 Å². The maximum Gasteiger partial charge on any atom is 0.122 e. The van der Waals surface area contributed by atoms with E-state index in [1.54, 1.807) is 7.11 Å². The molecule has 1 nitrogen and oxygen atoms in total. The number of para-hydroxylation sites is 1. The highest BCUT2D eigenvalue weighted by Crippen LogP contribution is 2.33. The van der Waals surface area contributed by atoms with Crippen molar-refractivity contribution in [1.82, 2.24) is 0 Å². The summed E-state index contributed by atoms with van der Waals surface area (Å²) in [7, 11) is 1.73. The third-order valence-electron chi connectivity index (χ3n) is 3.49. The van der Waals surface area contributed by atoms with Crippen LogP contribution in [0.3, 0.4) is 0 Å². The number of alkyl halides is 1. The van der Waals surface area contributed by atoms with Crippen LogP contribution < -0.4 is 4.74 Å². The molecule has 16 heavy (non-hydrogen) atoms. The van der Waals surface area contributed by atoms with Gasteiger partial charge in [-0.3, -0.25) is 0 Å². The zero-order valence-corrected chi connectivity index (χ0v) is 10.5. The Hall–Kier alpha value is -0.690. The summed E-state index contributed by atoms with van der Waals surface area (Å²) in [6.07, 6.45) is 6.09. The molecule has 1 aromatic carbocycles. The number of hydrogen-bond donors (Lipinski definition) is 0. The molecular formula is C14H19ClO. The molecule has 1 aliphatic rings. The van der Waals surface area contributed by atoms with E-state index < -0.39 is 0 Å². The molecule has 2 atom stereocenters. The second-order valence-corrected chi connectivity index (χ2v) is 5.14. The Morgan fingerprint density at radius 1 is 1.25 bits per heavy atom. The van der Waals surface area contributed by atoms with E-state index in [9.17, 15) is 0 Å². The Morgan fingerprint density at radius 2 is 2.00 bits per heavy atom. The molecular weight excluding hydrogens is 220 g/mol. The van der Waals surface area contributed by atoms with Gasteiger partial charge in [-0.1, -0.05) is 31.0 Å². The number of hydrogen-bond acceptors (Lipinski definition) is 1. The molecule has 0 heterocycles. The standard InChI is InChI=1S/C14H19ClO/c1-16-14-9-5-3-7-12(14)10-11-6-2-4-8-13(11)15/h3,5,7,9,11,13H,2,4,6,8,10H2,1H3. The van der Waals surface area contributed by atoms with Gasteiger partial charge in [0.05, 0.1) is 7.11 Å². The van der Waals surface area contributed by atoms with Crippen LogP contribution in [0.5, 0.6) is 5.75 Å². The van der Waals surface area contributed by atoms with Gasteiger partial charge in [-0.25, -0.2) is 0 Å². The highest BCUT2D eigenvalue weighted by Gasteiger charge is 2.24. The third-order valence-corrected chi connectivity index (χ3v) is 4.07. The van der Waals surface area contributed by atoms with Crippen molar-refractivity contribution in [3.05, 3.63) is 29.8 Å². The number of halogens is 1. The monoisotopic (exact) mass is 238 g/mol. The number of rotatable bonds is 3. The first-order valence-corrected chi connectivity index (χ1v) is 6.51. The molecule has 1 fully saturated rings. The van der Waals surface area contributed by atoms with Crippen molar-refractivity contribution >= 4 is 11.6 Å². The van der Waals surface area contributed by atoms with E-state index >= 15 is 0 Å². The van der Waals surface area contributed by atoms with Crippen LogP contribution in [0, 0.1) is 5.92 Å². The first-order chi connectivity index (χ1) is 7.81. The fourth-order valence-electron chi connectivity index (χ4n) is 2.55. The lowest BCUT2D eigenvalue weighted by atomic mass is 9.84. The maximum atomic E-state index is 6.39. The topological polar surface area (TPSA) is 9.23 Å². The molecule has 0 N–H and O–H groups in total. The molecule has 0 bridgehead atoms. The first kappa shape index (κ1) is 11.8. The maximum absolute atomic E-state index is 6.39. The summed E-state index contributed by atoms with van der Waals surface area (Å²) < 4.78 is 5.38. The second kappa shape index (κ2) is 5.58. The Kier molecular flexibility index (Phi) is 4.11. The number of methoxy groups -OCH3 is 1. The Morgan fingerprint density at radius 3 is 2.75 bits per heavy atom. The molecule has 2 unspecified atom stereocenters. The molecule has 0 amide bonds.